The van der Waals surface area contributed by atoms with Gasteiger partial charge in [0.15, 0.2) is 5.82 Å². The first-order chi connectivity index (χ1) is 17.7. The molecule has 3 aromatic rings. The van der Waals surface area contributed by atoms with E-state index in [0.29, 0.717) is 57.1 Å². The first kappa shape index (κ1) is 24.9. The van der Waals surface area contributed by atoms with Gasteiger partial charge in [-0.05, 0) is 18.2 Å². The minimum Gasteiger partial charge on any atom is -0.374 e. The number of carbonyl (C=O) groups is 1. The van der Waals surface area contributed by atoms with Crippen molar-refractivity contribution in [2.45, 2.75) is 18.7 Å². The number of amides is 1. The molecule has 1 N–H and O–H groups in total. The van der Waals surface area contributed by atoms with Gasteiger partial charge in [-0.15, -0.1) is 0 Å². The molecule has 0 bridgehead atoms. The van der Waals surface area contributed by atoms with Gasteiger partial charge in [-0.25, -0.2) is 19.5 Å². The Kier molecular flexibility index (Phi) is 6.67. The number of piperazine rings is 1. The Morgan fingerprint density at radius 2 is 1.78 bits per heavy atom. The normalized spacial score (nSPS) is 18.9. The second kappa shape index (κ2) is 9.92. The van der Waals surface area contributed by atoms with E-state index in [1.807, 2.05) is 4.90 Å². The first-order valence-electron chi connectivity index (χ1n) is 11.7. The molecular formula is C23H23F4N7O3. The van der Waals surface area contributed by atoms with E-state index in [-0.39, 0.29) is 23.7 Å². The molecule has 2 saturated heterocycles. The van der Waals surface area contributed by atoms with E-state index in [2.05, 4.69) is 20.2 Å². The number of anilines is 2. The molecular weight excluding hydrogens is 498 g/mol. The summed E-state index contributed by atoms with van der Waals surface area (Å²) in [4.78, 5) is 38.0. The van der Waals surface area contributed by atoms with Crippen LogP contribution in [0.15, 0.2) is 35.4 Å². The molecule has 1 aromatic carbocycles. The van der Waals surface area contributed by atoms with Crippen molar-refractivity contribution >= 4 is 28.4 Å². The molecule has 2 aliphatic heterocycles. The molecule has 2 aromatic heterocycles. The number of H-pyrrole nitrogens is 1. The third-order valence-electron chi connectivity index (χ3n) is 6.45. The van der Waals surface area contributed by atoms with Crippen molar-refractivity contribution in [1.29, 1.82) is 0 Å². The molecule has 0 spiro atoms. The van der Waals surface area contributed by atoms with Crippen molar-refractivity contribution in [3.8, 4) is 0 Å². The SMILES string of the molecule is O=C(CC1CN(c2n[nH]c(=O)c3cc(F)ccc23)CCO1)N1CCN(c2ncc(C(F)(F)F)cn2)CC1. The van der Waals surface area contributed by atoms with Crippen LogP contribution < -0.4 is 15.4 Å². The topological polar surface area (TPSA) is 108 Å². The molecule has 37 heavy (non-hydrogen) atoms. The second-order valence-corrected chi connectivity index (χ2v) is 8.85. The Morgan fingerprint density at radius 1 is 1.05 bits per heavy atom. The number of halogens is 4. The van der Waals surface area contributed by atoms with E-state index in [0.717, 1.165) is 18.5 Å². The second-order valence-electron chi connectivity index (χ2n) is 8.85. The molecule has 1 amide bonds. The van der Waals surface area contributed by atoms with E-state index < -0.39 is 29.2 Å². The largest absolute Gasteiger partial charge is 0.419 e. The van der Waals surface area contributed by atoms with Crippen LogP contribution in [0.3, 0.4) is 0 Å². The lowest BCUT2D eigenvalue weighted by Gasteiger charge is -2.37. The third kappa shape index (κ3) is 5.33. The highest BCUT2D eigenvalue weighted by atomic mass is 19.4. The van der Waals surface area contributed by atoms with Crippen LogP contribution in [0.5, 0.6) is 0 Å². The van der Waals surface area contributed by atoms with Crippen molar-refractivity contribution < 1.29 is 27.1 Å². The number of fused-ring (bicyclic) bond motifs is 1. The number of hydrogen-bond acceptors (Lipinski definition) is 8. The maximum absolute atomic E-state index is 13.7. The standard InChI is InChI=1S/C23H23F4N7O3/c24-15-1-2-17-18(9-15)21(36)31-30-20(17)34-7-8-37-16(13-34)10-19(35)32-3-5-33(6-4-32)22-28-11-14(12-29-22)23(25,26)27/h1-2,9,11-12,16H,3-8,10,13H2,(H,31,36). The van der Waals surface area contributed by atoms with Crippen molar-refractivity contribution in [3.05, 3.63) is 52.3 Å². The van der Waals surface area contributed by atoms with Gasteiger partial charge in [-0.2, -0.15) is 18.3 Å². The lowest BCUT2D eigenvalue weighted by Crippen LogP contribution is -2.51. The Bertz CT molecular complexity index is 1340. The number of aromatic amines is 1. The van der Waals surface area contributed by atoms with Crippen LogP contribution in [0, 0.1) is 5.82 Å². The quantitative estimate of drug-likeness (QED) is 0.519. The molecule has 0 radical (unpaired) electrons. The predicted octanol–water partition coefficient (Wildman–Crippen LogP) is 1.82. The maximum atomic E-state index is 13.7. The van der Waals surface area contributed by atoms with Gasteiger partial charge in [0, 0.05) is 57.0 Å². The number of nitrogens with one attached hydrogen (secondary N) is 1. The average Bonchev–Trinajstić information content (AvgIpc) is 2.89. The smallest absolute Gasteiger partial charge is 0.374 e. The number of ether oxygens (including phenoxy) is 1. The fourth-order valence-corrected chi connectivity index (χ4v) is 4.51. The third-order valence-corrected chi connectivity index (χ3v) is 6.45. The zero-order valence-corrected chi connectivity index (χ0v) is 19.5. The summed E-state index contributed by atoms with van der Waals surface area (Å²) in [6.07, 6.45) is -3.28. The molecule has 2 fully saturated rings. The maximum Gasteiger partial charge on any atom is 0.419 e. The van der Waals surface area contributed by atoms with E-state index in [4.69, 9.17) is 4.74 Å². The van der Waals surface area contributed by atoms with Crippen molar-refractivity contribution in [2.24, 2.45) is 0 Å². The van der Waals surface area contributed by atoms with Gasteiger partial charge >= 0.3 is 6.18 Å². The summed E-state index contributed by atoms with van der Waals surface area (Å²) in [5, 5.41) is 7.26. The molecule has 14 heteroatoms. The summed E-state index contributed by atoms with van der Waals surface area (Å²) in [6.45, 7) is 2.71. The number of nitrogens with zero attached hydrogens (tertiary/aromatic N) is 6. The molecule has 4 heterocycles. The number of hydrogen-bond donors (Lipinski definition) is 1. The Hall–Kier alpha value is -3.81. The number of alkyl halides is 3. The number of carbonyl (C=O) groups excluding carboxylic acids is 1. The van der Waals surface area contributed by atoms with E-state index in [1.165, 1.54) is 12.1 Å². The van der Waals surface area contributed by atoms with Crippen LogP contribution in [-0.4, -0.2) is 83.0 Å². The molecule has 1 unspecified atom stereocenters. The number of benzene rings is 1. The van der Waals surface area contributed by atoms with Crippen molar-refractivity contribution in [1.82, 2.24) is 25.1 Å². The molecule has 5 rings (SSSR count). The zero-order chi connectivity index (χ0) is 26.2. The molecule has 196 valence electrons. The van der Waals surface area contributed by atoms with Gasteiger partial charge < -0.3 is 19.4 Å². The van der Waals surface area contributed by atoms with Gasteiger partial charge in [-0.3, -0.25) is 9.59 Å². The molecule has 0 aliphatic carbocycles. The number of morpholine rings is 1. The van der Waals surface area contributed by atoms with Gasteiger partial charge in [0.1, 0.15) is 5.82 Å². The Morgan fingerprint density at radius 3 is 2.49 bits per heavy atom. The molecule has 2 aliphatic rings. The van der Waals surface area contributed by atoms with Crippen LogP contribution in [0.1, 0.15) is 12.0 Å². The van der Waals surface area contributed by atoms with Crippen molar-refractivity contribution in [2.75, 3.05) is 55.7 Å². The van der Waals surface area contributed by atoms with E-state index in [9.17, 15) is 27.2 Å². The van der Waals surface area contributed by atoms with Crippen molar-refractivity contribution in [3.63, 3.8) is 0 Å². The highest BCUT2D eigenvalue weighted by Crippen LogP contribution is 2.29. The highest BCUT2D eigenvalue weighted by molar-refractivity contribution is 5.91. The van der Waals surface area contributed by atoms with Gasteiger partial charge in [0.25, 0.3) is 5.56 Å². The summed E-state index contributed by atoms with van der Waals surface area (Å²) < 4.78 is 57.7. The summed E-state index contributed by atoms with van der Waals surface area (Å²) >= 11 is 0. The number of aromatic nitrogens is 4. The Balaban J connectivity index is 1.19. The monoisotopic (exact) mass is 521 g/mol. The van der Waals surface area contributed by atoms with E-state index in [1.54, 1.807) is 9.80 Å². The van der Waals surface area contributed by atoms with Crippen LogP contribution in [0.25, 0.3) is 10.8 Å². The molecule has 10 nitrogen and oxygen atoms in total. The van der Waals surface area contributed by atoms with E-state index >= 15 is 0 Å². The van der Waals surface area contributed by atoms with Gasteiger partial charge in [0.2, 0.25) is 11.9 Å². The van der Waals surface area contributed by atoms with Crippen LogP contribution >= 0.6 is 0 Å². The Labute approximate surface area is 207 Å². The van der Waals surface area contributed by atoms with Crippen LogP contribution in [-0.2, 0) is 15.7 Å². The number of rotatable bonds is 4. The summed E-state index contributed by atoms with van der Waals surface area (Å²) in [7, 11) is 0. The zero-order valence-electron chi connectivity index (χ0n) is 19.5. The average molecular weight is 521 g/mol. The minimum atomic E-state index is -4.50. The summed E-state index contributed by atoms with van der Waals surface area (Å²) in [5.41, 5.74) is -1.40. The fraction of sp³-hybridized carbons (Fsp3) is 0.435. The van der Waals surface area contributed by atoms with Crippen LogP contribution in [0.4, 0.5) is 29.3 Å². The summed E-state index contributed by atoms with van der Waals surface area (Å²) in [6, 6.07) is 3.94. The van der Waals surface area contributed by atoms with Gasteiger partial charge in [0.05, 0.1) is 30.1 Å². The lowest BCUT2D eigenvalue weighted by molar-refractivity contribution is -0.138. The van der Waals surface area contributed by atoms with Crippen LogP contribution in [0.2, 0.25) is 0 Å². The van der Waals surface area contributed by atoms with Gasteiger partial charge in [-0.1, -0.05) is 0 Å². The first-order valence-corrected chi connectivity index (χ1v) is 11.7. The summed E-state index contributed by atoms with van der Waals surface area (Å²) in [5.74, 6) is 0.0409. The molecule has 1 atom stereocenters. The highest BCUT2D eigenvalue weighted by Gasteiger charge is 2.32. The molecule has 0 saturated carbocycles. The fourth-order valence-electron chi connectivity index (χ4n) is 4.51. The minimum absolute atomic E-state index is 0.110. The predicted molar refractivity (Wildman–Crippen MR) is 125 cm³/mol. The lowest BCUT2D eigenvalue weighted by atomic mass is 10.1.